The number of halogens is 1. The first-order valence-electron chi connectivity index (χ1n) is 15.4. The first kappa shape index (κ1) is 34.8. The molecule has 0 fully saturated rings. The fourth-order valence-electron chi connectivity index (χ4n) is 5.27. The molecule has 0 spiro atoms. The van der Waals surface area contributed by atoms with E-state index in [2.05, 4.69) is 22.3 Å². The molecule has 8 nitrogen and oxygen atoms in total. The smallest absolute Gasteiger partial charge is 0.408 e. The lowest BCUT2D eigenvalue weighted by Crippen LogP contribution is -2.34. The Kier molecular flexibility index (Phi) is 10.4. The topological polar surface area (TPSA) is 103 Å². The molecule has 1 aromatic heterocycles. The molecule has 2 atom stereocenters. The summed E-state index contributed by atoms with van der Waals surface area (Å²) in [7, 11) is 1.81. The van der Waals surface area contributed by atoms with Gasteiger partial charge in [-0.1, -0.05) is 63.1 Å². The first-order chi connectivity index (χ1) is 22.0. The SMILES string of the molecule is CC(NC(=O)OC(C)(C)C)c1cccc(-c2cc(C#Cc3ccn(C)n3)cc(COc3ccccc3[C@H](C(=O)O)C(C)(C)C)c2)c1F. The zero-order valence-corrected chi connectivity index (χ0v) is 28.1. The number of carbonyl (C=O) groups excluding carboxylic acids is 1. The van der Waals surface area contributed by atoms with E-state index in [4.69, 9.17) is 9.47 Å². The highest BCUT2D eigenvalue weighted by Gasteiger charge is 2.34. The van der Waals surface area contributed by atoms with E-state index in [9.17, 15) is 14.7 Å². The average Bonchev–Trinajstić information content (AvgIpc) is 3.38. The van der Waals surface area contributed by atoms with Gasteiger partial charge in [0.25, 0.3) is 0 Å². The lowest BCUT2D eigenvalue weighted by Gasteiger charge is -2.28. The van der Waals surface area contributed by atoms with Crippen LogP contribution in [0.4, 0.5) is 9.18 Å². The number of aromatic nitrogens is 2. The largest absolute Gasteiger partial charge is 0.489 e. The zero-order chi connectivity index (χ0) is 34.5. The number of aliphatic carboxylic acids is 1. The van der Waals surface area contributed by atoms with Crippen molar-refractivity contribution in [3.63, 3.8) is 0 Å². The maximum atomic E-state index is 16.2. The van der Waals surface area contributed by atoms with E-state index in [1.54, 1.807) is 93.2 Å². The number of hydrogen-bond donors (Lipinski definition) is 2. The molecule has 3 aromatic carbocycles. The van der Waals surface area contributed by atoms with E-state index in [-0.39, 0.29) is 6.61 Å². The van der Waals surface area contributed by atoms with Gasteiger partial charge >= 0.3 is 12.1 Å². The Morgan fingerprint density at radius 2 is 1.68 bits per heavy atom. The molecular weight excluding hydrogens is 597 g/mol. The Bertz CT molecular complexity index is 1820. The van der Waals surface area contributed by atoms with Crippen molar-refractivity contribution in [2.45, 2.75) is 72.6 Å². The number of benzene rings is 3. The number of para-hydroxylation sites is 1. The number of hydrogen-bond acceptors (Lipinski definition) is 5. The van der Waals surface area contributed by atoms with E-state index in [0.717, 1.165) is 0 Å². The molecule has 2 N–H and O–H groups in total. The van der Waals surface area contributed by atoms with Gasteiger partial charge < -0.3 is 19.9 Å². The third-order valence-corrected chi connectivity index (χ3v) is 7.32. The molecule has 0 aliphatic heterocycles. The number of carboxylic acids is 1. The molecule has 1 unspecified atom stereocenters. The molecule has 9 heteroatoms. The molecule has 0 bridgehead atoms. The monoisotopic (exact) mass is 639 g/mol. The van der Waals surface area contributed by atoms with Crippen LogP contribution in [0.15, 0.2) is 72.9 Å². The van der Waals surface area contributed by atoms with E-state index in [0.29, 0.717) is 44.8 Å². The molecule has 0 saturated carbocycles. The van der Waals surface area contributed by atoms with Gasteiger partial charge in [-0.15, -0.1) is 0 Å². The minimum absolute atomic E-state index is 0.0809. The van der Waals surface area contributed by atoms with E-state index < -0.39 is 40.9 Å². The van der Waals surface area contributed by atoms with Crippen LogP contribution >= 0.6 is 0 Å². The predicted molar refractivity (Wildman–Crippen MR) is 179 cm³/mol. The number of ether oxygens (including phenoxy) is 2. The maximum absolute atomic E-state index is 16.2. The minimum Gasteiger partial charge on any atom is -0.489 e. The molecule has 246 valence electrons. The Labute approximate surface area is 275 Å². The Balaban J connectivity index is 1.72. The van der Waals surface area contributed by atoms with Crippen molar-refractivity contribution in [1.29, 1.82) is 0 Å². The summed E-state index contributed by atoms with van der Waals surface area (Å²) in [6.07, 6.45) is 1.16. The van der Waals surface area contributed by atoms with Crippen LogP contribution in [0.5, 0.6) is 5.75 Å². The Morgan fingerprint density at radius 3 is 2.32 bits per heavy atom. The average molecular weight is 640 g/mol. The zero-order valence-electron chi connectivity index (χ0n) is 28.1. The summed E-state index contributed by atoms with van der Waals surface area (Å²) in [6.45, 7) is 12.7. The molecule has 0 saturated heterocycles. The highest BCUT2D eigenvalue weighted by molar-refractivity contribution is 5.78. The van der Waals surface area contributed by atoms with Crippen molar-refractivity contribution in [3.05, 3.63) is 107 Å². The summed E-state index contributed by atoms with van der Waals surface area (Å²) in [5.74, 6) is 4.43. The van der Waals surface area contributed by atoms with Crippen LogP contribution in [0.25, 0.3) is 11.1 Å². The highest BCUT2D eigenvalue weighted by atomic mass is 19.1. The molecule has 4 rings (SSSR count). The molecule has 0 radical (unpaired) electrons. The normalized spacial score (nSPS) is 12.8. The van der Waals surface area contributed by atoms with Crippen LogP contribution in [0.2, 0.25) is 0 Å². The van der Waals surface area contributed by atoms with Crippen molar-refractivity contribution >= 4 is 12.1 Å². The number of aryl methyl sites for hydroxylation is 1. The molecule has 4 aromatic rings. The highest BCUT2D eigenvalue weighted by Crippen LogP contribution is 2.40. The molecule has 0 aliphatic rings. The van der Waals surface area contributed by atoms with E-state index in [1.165, 1.54) is 0 Å². The summed E-state index contributed by atoms with van der Waals surface area (Å²) in [5.41, 5.74) is 2.41. The van der Waals surface area contributed by atoms with Crippen LogP contribution in [-0.2, 0) is 23.2 Å². The number of nitrogens with one attached hydrogen (secondary N) is 1. The van der Waals surface area contributed by atoms with Crippen LogP contribution < -0.4 is 10.1 Å². The summed E-state index contributed by atoms with van der Waals surface area (Å²) < 4.78 is 29.4. The summed E-state index contributed by atoms with van der Waals surface area (Å²) >= 11 is 0. The van der Waals surface area contributed by atoms with Crippen molar-refractivity contribution in [2.24, 2.45) is 12.5 Å². The number of rotatable bonds is 8. The summed E-state index contributed by atoms with van der Waals surface area (Å²) in [4.78, 5) is 24.7. The van der Waals surface area contributed by atoms with Crippen molar-refractivity contribution in [2.75, 3.05) is 0 Å². The molecule has 0 aliphatic carbocycles. The number of amides is 1. The van der Waals surface area contributed by atoms with Gasteiger partial charge in [-0.3, -0.25) is 9.48 Å². The van der Waals surface area contributed by atoms with Gasteiger partial charge in [-0.25, -0.2) is 9.18 Å². The quantitative estimate of drug-likeness (QED) is 0.189. The standard InChI is InChI=1S/C38H42FN3O5/c1-24(40-36(45)47-38(5,6)7)29-13-11-14-30(34(29)39)27-21-25(16-17-28-18-19-42(8)41-28)20-26(22-27)23-46-32-15-10-9-12-31(32)33(35(43)44)37(2,3)4/h9-15,18-22,24,33H,23H2,1-8H3,(H,40,45)(H,43,44)/t24?,33-/m1/s1. The fourth-order valence-corrected chi connectivity index (χ4v) is 5.27. The van der Waals surface area contributed by atoms with Gasteiger partial charge in [0.2, 0.25) is 0 Å². The summed E-state index contributed by atoms with van der Waals surface area (Å²) in [6, 6.07) is 18.8. The van der Waals surface area contributed by atoms with Gasteiger partial charge in [0, 0.05) is 35.5 Å². The molecular formula is C38H42FN3O5. The van der Waals surface area contributed by atoms with Crippen molar-refractivity contribution < 1.29 is 28.6 Å². The van der Waals surface area contributed by atoms with Gasteiger partial charge in [0.05, 0.1) is 12.0 Å². The second kappa shape index (κ2) is 14.1. The first-order valence-corrected chi connectivity index (χ1v) is 15.4. The lowest BCUT2D eigenvalue weighted by molar-refractivity contribution is -0.141. The van der Waals surface area contributed by atoms with Gasteiger partial charge in [0.1, 0.15) is 29.5 Å². The summed E-state index contributed by atoms with van der Waals surface area (Å²) in [5, 5.41) is 17.1. The minimum atomic E-state index is -0.937. The van der Waals surface area contributed by atoms with Gasteiger partial charge in [-0.2, -0.15) is 5.10 Å². The predicted octanol–water partition coefficient (Wildman–Crippen LogP) is 8.01. The maximum Gasteiger partial charge on any atom is 0.408 e. The van der Waals surface area contributed by atoms with E-state index in [1.807, 2.05) is 40.0 Å². The Hall–Kier alpha value is -5.10. The molecule has 1 amide bonds. The molecule has 1 heterocycles. The number of carbonyl (C=O) groups is 2. The third kappa shape index (κ3) is 9.23. The number of alkyl carbamates (subject to hydrolysis) is 1. The van der Waals surface area contributed by atoms with E-state index >= 15 is 4.39 Å². The van der Waals surface area contributed by atoms with Crippen LogP contribution in [0, 0.1) is 23.1 Å². The number of nitrogens with zero attached hydrogens (tertiary/aromatic N) is 2. The Morgan fingerprint density at radius 1 is 0.979 bits per heavy atom. The second-order valence-corrected chi connectivity index (χ2v) is 13.6. The van der Waals surface area contributed by atoms with Crippen LogP contribution in [-0.4, -0.2) is 32.6 Å². The lowest BCUT2D eigenvalue weighted by atomic mass is 9.76. The van der Waals surface area contributed by atoms with Gasteiger partial charge in [-0.05, 0) is 80.5 Å². The van der Waals surface area contributed by atoms with Crippen LogP contribution in [0.3, 0.4) is 0 Å². The second-order valence-electron chi connectivity index (χ2n) is 13.6. The van der Waals surface area contributed by atoms with Gasteiger partial charge in [0.15, 0.2) is 0 Å². The van der Waals surface area contributed by atoms with Crippen LogP contribution in [0.1, 0.15) is 88.4 Å². The fraction of sp³-hybridized carbons (Fsp3) is 0.342. The van der Waals surface area contributed by atoms with Crippen molar-refractivity contribution in [3.8, 4) is 28.7 Å². The molecule has 47 heavy (non-hydrogen) atoms. The number of carboxylic acid groups (broad SMARTS) is 1. The van der Waals surface area contributed by atoms with Crippen molar-refractivity contribution in [1.82, 2.24) is 15.1 Å². The third-order valence-electron chi connectivity index (χ3n) is 7.32.